The number of halogens is 1. The zero-order chi connectivity index (χ0) is 15.0. The third-order valence-electron chi connectivity index (χ3n) is 3.25. The fourth-order valence-electron chi connectivity index (χ4n) is 2.16. The van der Waals surface area contributed by atoms with Crippen LogP contribution in [0.2, 0.25) is 0 Å². The average Bonchev–Trinajstić information content (AvgIpc) is 2.80. The van der Waals surface area contributed by atoms with Crippen LogP contribution in [0.3, 0.4) is 0 Å². The van der Waals surface area contributed by atoms with E-state index in [0.717, 1.165) is 12.5 Å². The van der Waals surface area contributed by atoms with Gasteiger partial charge in [-0.15, -0.1) is 24.0 Å². The monoisotopic (exact) mass is 428 g/mol. The molecule has 3 N–H and O–H groups in total. The smallest absolute Gasteiger partial charge is 0.221 e. The SMILES string of the molecule is CN=C(NCCC(=O)NC(C)C)NCC1(C)CCCS1.I. The first-order chi connectivity index (χ1) is 9.45. The Kier molecular flexibility index (Phi) is 10.4. The summed E-state index contributed by atoms with van der Waals surface area (Å²) < 4.78 is 0.312. The van der Waals surface area contributed by atoms with Gasteiger partial charge in [-0.25, -0.2) is 0 Å². The molecule has 0 saturated carbocycles. The standard InChI is InChI=1S/C14H28N4OS.HI/c1-11(2)18-12(19)6-8-16-13(15-4)17-10-14(3)7-5-9-20-14;/h11H,5-10H2,1-4H3,(H,18,19)(H2,15,16,17);1H. The first-order valence-electron chi connectivity index (χ1n) is 7.33. The Morgan fingerprint density at radius 2 is 2.10 bits per heavy atom. The van der Waals surface area contributed by atoms with Crippen LogP contribution in [0.25, 0.3) is 0 Å². The molecule has 1 saturated heterocycles. The predicted molar refractivity (Wildman–Crippen MR) is 103 cm³/mol. The van der Waals surface area contributed by atoms with Crippen LogP contribution in [-0.4, -0.2) is 48.5 Å². The van der Waals surface area contributed by atoms with Crippen molar-refractivity contribution in [3.8, 4) is 0 Å². The van der Waals surface area contributed by atoms with Crippen molar-refractivity contribution in [3.05, 3.63) is 0 Å². The Morgan fingerprint density at radius 3 is 2.62 bits per heavy atom. The van der Waals surface area contributed by atoms with E-state index in [1.54, 1.807) is 7.05 Å². The van der Waals surface area contributed by atoms with Crippen LogP contribution in [0.15, 0.2) is 4.99 Å². The molecule has 1 unspecified atom stereocenters. The molecule has 7 heteroatoms. The Balaban J connectivity index is 0.00000400. The van der Waals surface area contributed by atoms with Gasteiger partial charge in [0.15, 0.2) is 5.96 Å². The summed E-state index contributed by atoms with van der Waals surface area (Å²) in [5, 5.41) is 9.41. The van der Waals surface area contributed by atoms with Gasteiger partial charge < -0.3 is 16.0 Å². The summed E-state index contributed by atoms with van der Waals surface area (Å²) in [7, 11) is 1.76. The van der Waals surface area contributed by atoms with Gasteiger partial charge in [-0.2, -0.15) is 11.8 Å². The topological polar surface area (TPSA) is 65.5 Å². The van der Waals surface area contributed by atoms with E-state index in [1.807, 2.05) is 25.6 Å². The van der Waals surface area contributed by atoms with Crippen LogP contribution in [0.1, 0.15) is 40.0 Å². The minimum absolute atomic E-state index is 0. The van der Waals surface area contributed by atoms with Crippen LogP contribution in [0, 0.1) is 0 Å². The molecule has 1 fully saturated rings. The summed E-state index contributed by atoms with van der Waals surface area (Å²) in [6, 6.07) is 0.194. The normalized spacial score (nSPS) is 21.9. The Hall–Kier alpha value is -0.180. The van der Waals surface area contributed by atoms with E-state index < -0.39 is 0 Å². The van der Waals surface area contributed by atoms with Gasteiger partial charge in [-0.1, -0.05) is 0 Å². The number of nitrogens with one attached hydrogen (secondary N) is 3. The van der Waals surface area contributed by atoms with Crippen molar-refractivity contribution >= 4 is 47.6 Å². The number of thioether (sulfide) groups is 1. The minimum Gasteiger partial charge on any atom is -0.356 e. The molecule has 124 valence electrons. The molecule has 1 atom stereocenters. The quantitative estimate of drug-likeness (QED) is 0.344. The van der Waals surface area contributed by atoms with Crippen molar-refractivity contribution in [2.75, 3.05) is 25.9 Å². The first-order valence-corrected chi connectivity index (χ1v) is 8.31. The van der Waals surface area contributed by atoms with Gasteiger partial charge in [0.25, 0.3) is 0 Å². The molecule has 0 aliphatic carbocycles. The van der Waals surface area contributed by atoms with E-state index >= 15 is 0 Å². The Labute approximate surface area is 149 Å². The van der Waals surface area contributed by atoms with Crippen LogP contribution in [-0.2, 0) is 4.79 Å². The number of rotatable bonds is 6. The lowest BCUT2D eigenvalue weighted by molar-refractivity contribution is -0.121. The second kappa shape index (κ2) is 10.5. The fourth-order valence-corrected chi connectivity index (χ4v) is 3.40. The summed E-state index contributed by atoms with van der Waals surface area (Å²) in [6.45, 7) is 7.73. The van der Waals surface area contributed by atoms with Crippen molar-refractivity contribution in [2.24, 2.45) is 4.99 Å². The van der Waals surface area contributed by atoms with Gasteiger partial charge in [-0.05, 0) is 39.4 Å². The van der Waals surface area contributed by atoms with Crippen LogP contribution in [0.4, 0.5) is 0 Å². The van der Waals surface area contributed by atoms with E-state index in [-0.39, 0.29) is 35.9 Å². The maximum atomic E-state index is 11.5. The lowest BCUT2D eigenvalue weighted by Crippen LogP contribution is -2.44. The van der Waals surface area contributed by atoms with Gasteiger partial charge in [0.05, 0.1) is 0 Å². The maximum Gasteiger partial charge on any atom is 0.221 e. The number of amides is 1. The highest BCUT2D eigenvalue weighted by molar-refractivity contribution is 14.0. The number of nitrogens with zero attached hydrogens (tertiary/aromatic N) is 1. The molecule has 0 radical (unpaired) electrons. The number of aliphatic imine (C=N–C) groups is 1. The molecule has 1 aliphatic heterocycles. The summed E-state index contributed by atoms with van der Waals surface area (Å²) in [4.78, 5) is 15.7. The average molecular weight is 428 g/mol. The molecule has 1 amide bonds. The molecular weight excluding hydrogens is 399 g/mol. The summed E-state index contributed by atoms with van der Waals surface area (Å²) in [6.07, 6.45) is 3.01. The summed E-state index contributed by atoms with van der Waals surface area (Å²) in [5.41, 5.74) is 0. The van der Waals surface area contributed by atoms with Crippen molar-refractivity contribution in [3.63, 3.8) is 0 Å². The largest absolute Gasteiger partial charge is 0.356 e. The third-order valence-corrected chi connectivity index (χ3v) is 4.79. The van der Waals surface area contributed by atoms with E-state index in [4.69, 9.17) is 0 Å². The van der Waals surface area contributed by atoms with Gasteiger partial charge in [0.2, 0.25) is 5.91 Å². The van der Waals surface area contributed by atoms with Gasteiger partial charge in [-0.3, -0.25) is 9.79 Å². The van der Waals surface area contributed by atoms with Gasteiger partial charge >= 0.3 is 0 Å². The molecule has 1 rings (SSSR count). The molecule has 0 spiro atoms. The molecule has 1 aliphatic rings. The summed E-state index contributed by atoms with van der Waals surface area (Å²) >= 11 is 2.02. The molecule has 0 aromatic heterocycles. The second-order valence-electron chi connectivity index (χ2n) is 5.73. The van der Waals surface area contributed by atoms with Crippen molar-refractivity contribution in [1.29, 1.82) is 0 Å². The minimum atomic E-state index is 0. The molecule has 0 bridgehead atoms. The molecule has 5 nitrogen and oxygen atoms in total. The number of carbonyl (C=O) groups is 1. The van der Waals surface area contributed by atoms with E-state index in [9.17, 15) is 4.79 Å². The third kappa shape index (κ3) is 8.75. The highest BCUT2D eigenvalue weighted by atomic mass is 127. The fraction of sp³-hybridized carbons (Fsp3) is 0.857. The highest BCUT2D eigenvalue weighted by Crippen LogP contribution is 2.36. The van der Waals surface area contributed by atoms with Crippen LogP contribution in [0.5, 0.6) is 0 Å². The Bertz CT molecular complexity index is 344. The maximum absolute atomic E-state index is 11.5. The lowest BCUT2D eigenvalue weighted by atomic mass is 10.1. The van der Waals surface area contributed by atoms with Crippen molar-refractivity contribution in [1.82, 2.24) is 16.0 Å². The van der Waals surface area contributed by atoms with Crippen molar-refractivity contribution in [2.45, 2.75) is 50.8 Å². The van der Waals surface area contributed by atoms with E-state index in [1.165, 1.54) is 18.6 Å². The van der Waals surface area contributed by atoms with Crippen LogP contribution < -0.4 is 16.0 Å². The molecular formula is C14H29IN4OS. The van der Waals surface area contributed by atoms with E-state index in [0.29, 0.717) is 17.7 Å². The summed E-state index contributed by atoms with van der Waals surface area (Å²) in [5.74, 6) is 2.09. The van der Waals surface area contributed by atoms with Crippen LogP contribution >= 0.6 is 35.7 Å². The lowest BCUT2D eigenvalue weighted by Gasteiger charge is -2.24. The second-order valence-corrected chi connectivity index (χ2v) is 7.41. The van der Waals surface area contributed by atoms with Gasteiger partial charge in [0, 0.05) is 37.3 Å². The zero-order valence-corrected chi connectivity index (χ0v) is 16.6. The molecule has 0 aromatic rings. The first kappa shape index (κ1) is 20.8. The number of hydrogen-bond acceptors (Lipinski definition) is 3. The Morgan fingerprint density at radius 1 is 1.38 bits per heavy atom. The number of hydrogen-bond donors (Lipinski definition) is 3. The zero-order valence-electron chi connectivity index (χ0n) is 13.5. The van der Waals surface area contributed by atoms with E-state index in [2.05, 4.69) is 27.9 Å². The highest BCUT2D eigenvalue weighted by Gasteiger charge is 2.29. The molecule has 1 heterocycles. The number of guanidine groups is 1. The van der Waals surface area contributed by atoms with Crippen molar-refractivity contribution < 1.29 is 4.79 Å². The molecule has 0 aromatic carbocycles. The molecule has 21 heavy (non-hydrogen) atoms. The number of carbonyl (C=O) groups excluding carboxylic acids is 1. The predicted octanol–water partition coefficient (Wildman–Crippen LogP) is 1.97. The van der Waals surface area contributed by atoms with Gasteiger partial charge in [0.1, 0.15) is 0 Å².